The number of anilines is 2. The molecule has 1 amide bonds. The first-order chi connectivity index (χ1) is 16.9. The van der Waals surface area contributed by atoms with Crippen molar-refractivity contribution >= 4 is 23.6 Å². The number of amides is 1. The molecule has 1 aliphatic rings. The Kier molecular flexibility index (Phi) is 9.77. The van der Waals surface area contributed by atoms with Gasteiger partial charge in [0.15, 0.2) is 0 Å². The normalized spacial score (nSPS) is 14.1. The summed E-state index contributed by atoms with van der Waals surface area (Å²) < 4.78 is 24.6. The van der Waals surface area contributed by atoms with E-state index >= 15 is 0 Å². The van der Waals surface area contributed by atoms with Gasteiger partial charge in [-0.2, -0.15) is 0 Å². The summed E-state index contributed by atoms with van der Waals surface area (Å²) in [6.07, 6.45) is 3.03. The summed E-state index contributed by atoms with van der Waals surface area (Å²) in [6.45, 7) is 9.16. The number of carbonyl (C=O) groups is 2. The van der Waals surface area contributed by atoms with E-state index < -0.39 is 11.8 Å². The van der Waals surface area contributed by atoms with Gasteiger partial charge in [-0.3, -0.25) is 0 Å². The van der Waals surface area contributed by atoms with Crippen molar-refractivity contribution in [3.63, 3.8) is 0 Å². The predicted molar refractivity (Wildman–Crippen MR) is 130 cm³/mol. The molecule has 1 aromatic heterocycles. The van der Waals surface area contributed by atoms with Gasteiger partial charge in [0.2, 0.25) is 0 Å². The lowest BCUT2D eigenvalue weighted by atomic mass is 9.97. The van der Waals surface area contributed by atoms with Crippen molar-refractivity contribution in [2.45, 2.75) is 40.2 Å². The number of nitrogens with zero attached hydrogens (tertiary/aromatic N) is 3. The van der Waals surface area contributed by atoms with Crippen LogP contribution in [-0.2, 0) is 16.0 Å². The lowest BCUT2D eigenvalue weighted by molar-refractivity contribution is 0.0525. The van der Waals surface area contributed by atoms with E-state index in [2.05, 4.69) is 20.6 Å². The molecule has 0 radical (unpaired) electrons. The Morgan fingerprint density at radius 2 is 1.94 bits per heavy atom. The van der Waals surface area contributed by atoms with Crippen LogP contribution in [0.1, 0.15) is 49.7 Å². The Balaban J connectivity index is 1.44. The van der Waals surface area contributed by atoms with Crippen LogP contribution < -0.4 is 10.6 Å². The number of aromatic nitrogens is 2. The van der Waals surface area contributed by atoms with Crippen molar-refractivity contribution in [3.05, 3.63) is 47.7 Å². The monoisotopic (exact) mass is 487 g/mol. The van der Waals surface area contributed by atoms with E-state index in [1.165, 1.54) is 18.5 Å². The largest absolute Gasteiger partial charge is 0.462 e. The maximum absolute atomic E-state index is 14.4. The standard InChI is InChI=1S/C25H34FN5O4/c1-4-34-24(32)19-5-6-22(21(26)11-19)30-23-12-20(28-16-29-23)14-27-13-18-7-9-31(10-8-18)25(33)35-15-17(2)3/h5-6,11-12,16-18,27H,4,7-10,13-15H2,1-3H3,(H,28,29,30). The van der Waals surface area contributed by atoms with Crippen LogP contribution in [0.15, 0.2) is 30.6 Å². The lowest BCUT2D eigenvalue weighted by Gasteiger charge is -2.31. The van der Waals surface area contributed by atoms with Crippen LogP contribution in [0.5, 0.6) is 0 Å². The van der Waals surface area contributed by atoms with Gasteiger partial charge in [0, 0.05) is 25.7 Å². The summed E-state index contributed by atoms with van der Waals surface area (Å²) in [7, 11) is 0. The number of piperidine rings is 1. The highest BCUT2D eigenvalue weighted by Crippen LogP contribution is 2.21. The number of nitrogens with one attached hydrogen (secondary N) is 2. The van der Waals surface area contributed by atoms with Gasteiger partial charge in [-0.15, -0.1) is 0 Å². The summed E-state index contributed by atoms with van der Waals surface area (Å²) in [6, 6.07) is 5.87. The maximum atomic E-state index is 14.4. The number of ether oxygens (including phenoxy) is 2. The van der Waals surface area contributed by atoms with Gasteiger partial charge in [0.25, 0.3) is 0 Å². The Morgan fingerprint density at radius 1 is 1.17 bits per heavy atom. The molecule has 0 atom stereocenters. The zero-order valence-corrected chi connectivity index (χ0v) is 20.6. The Bertz CT molecular complexity index is 996. The second-order valence-electron chi connectivity index (χ2n) is 8.97. The molecule has 1 aliphatic heterocycles. The van der Waals surface area contributed by atoms with E-state index in [4.69, 9.17) is 9.47 Å². The first kappa shape index (κ1) is 26.3. The molecule has 10 heteroatoms. The number of esters is 1. The summed E-state index contributed by atoms with van der Waals surface area (Å²) in [5.74, 6) is 0.107. The van der Waals surface area contributed by atoms with Crippen molar-refractivity contribution < 1.29 is 23.5 Å². The van der Waals surface area contributed by atoms with Gasteiger partial charge >= 0.3 is 12.1 Å². The minimum absolute atomic E-state index is 0.153. The SMILES string of the molecule is CCOC(=O)c1ccc(Nc2cc(CNCC3CCN(C(=O)OCC(C)C)CC3)ncn2)c(F)c1. The minimum atomic E-state index is -0.576. The molecule has 0 bridgehead atoms. The molecule has 9 nitrogen and oxygen atoms in total. The summed E-state index contributed by atoms with van der Waals surface area (Å²) in [4.78, 5) is 34.1. The van der Waals surface area contributed by atoms with E-state index in [1.54, 1.807) is 17.9 Å². The maximum Gasteiger partial charge on any atom is 0.409 e. The molecule has 1 aromatic carbocycles. The lowest BCUT2D eigenvalue weighted by Crippen LogP contribution is -2.41. The van der Waals surface area contributed by atoms with Crippen LogP contribution in [0.2, 0.25) is 0 Å². The number of halogens is 1. The van der Waals surface area contributed by atoms with E-state index in [1.807, 2.05) is 13.8 Å². The highest BCUT2D eigenvalue weighted by molar-refractivity contribution is 5.90. The number of likely N-dealkylation sites (tertiary alicyclic amines) is 1. The average Bonchev–Trinajstić information content (AvgIpc) is 2.84. The first-order valence-corrected chi connectivity index (χ1v) is 12.0. The van der Waals surface area contributed by atoms with Crippen LogP contribution in [-0.4, -0.2) is 59.8 Å². The van der Waals surface area contributed by atoms with Crippen molar-refractivity contribution in [2.75, 3.05) is 38.2 Å². The molecule has 3 rings (SSSR count). The first-order valence-electron chi connectivity index (χ1n) is 12.0. The van der Waals surface area contributed by atoms with Gasteiger partial charge in [0.1, 0.15) is 18.0 Å². The Labute approximate surface area is 205 Å². The third-order valence-corrected chi connectivity index (χ3v) is 5.62. The molecule has 1 saturated heterocycles. The average molecular weight is 488 g/mol. The second kappa shape index (κ2) is 13.0. The zero-order chi connectivity index (χ0) is 25.2. The van der Waals surface area contributed by atoms with E-state index in [9.17, 15) is 14.0 Å². The smallest absolute Gasteiger partial charge is 0.409 e. The molecule has 0 saturated carbocycles. The van der Waals surface area contributed by atoms with Gasteiger partial charge in [-0.05, 0) is 56.3 Å². The molecule has 2 aromatic rings. The molecular weight excluding hydrogens is 453 g/mol. The van der Waals surface area contributed by atoms with Gasteiger partial charge in [-0.25, -0.2) is 23.9 Å². The quantitative estimate of drug-likeness (QED) is 0.482. The van der Waals surface area contributed by atoms with E-state index in [0.29, 0.717) is 43.9 Å². The minimum Gasteiger partial charge on any atom is -0.462 e. The predicted octanol–water partition coefficient (Wildman–Crippen LogP) is 4.13. The molecule has 2 heterocycles. The van der Waals surface area contributed by atoms with Crippen LogP contribution in [0, 0.1) is 17.7 Å². The molecule has 35 heavy (non-hydrogen) atoms. The summed E-state index contributed by atoms with van der Waals surface area (Å²) in [5, 5.41) is 6.34. The number of rotatable bonds is 10. The molecule has 0 spiro atoms. The second-order valence-corrected chi connectivity index (χ2v) is 8.97. The molecule has 0 unspecified atom stereocenters. The number of carbonyl (C=O) groups excluding carboxylic acids is 2. The van der Waals surface area contributed by atoms with Crippen molar-refractivity contribution in [2.24, 2.45) is 11.8 Å². The summed E-state index contributed by atoms with van der Waals surface area (Å²) in [5.41, 5.74) is 1.12. The molecular formula is C25H34FN5O4. The van der Waals surface area contributed by atoms with Crippen LogP contribution in [0.4, 0.5) is 20.7 Å². The van der Waals surface area contributed by atoms with Gasteiger partial charge in [-0.1, -0.05) is 13.8 Å². The molecule has 1 fully saturated rings. The van der Waals surface area contributed by atoms with Crippen LogP contribution in [0.25, 0.3) is 0 Å². The van der Waals surface area contributed by atoms with E-state index in [-0.39, 0.29) is 24.0 Å². The topological polar surface area (TPSA) is 106 Å². The highest BCUT2D eigenvalue weighted by atomic mass is 19.1. The molecule has 2 N–H and O–H groups in total. The summed E-state index contributed by atoms with van der Waals surface area (Å²) >= 11 is 0. The molecule has 190 valence electrons. The fraction of sp³-hybridized carbons (Fsp3) is 0.520. The van der Waals surface area contributed by atoms with Crippen molar-refractivity contribution in [1.29, 1.82) is 0 Å². The molecule has 0 aliphatic carbocycles. The van der Waals surface area contributed by atoms with Crippen molar-refractivity contribution in [1.82, 2.24) is 20.2 Å². The van der Waals surface area contributed by atoms with Gasteiger partial charge in [0.05, 0.1) is 30.2 Å². The van der Waals surface area contributed by atoms with Crippen molar-refractivity contribution in [3.8, 4) is 0 Å². The number of benzene rings is 1. The Hall–Kier alpha value is -3.27. The fourth-order valence-corrected chi connectivity index (χ4v) is 3.71. The zero-order valence-electron chi connectivity index (χ0n) is 20.6. The van der Waals surface area contributed by atoms with Crippen LogP contribution in [0.3, 0.4) is 0 Å². The van der Waals surface area contributed by atoms with Crippen LogP contribution >= 0.6 is 0 Å². The highest BCUT2D eigenvalue weighted by Gasteiger charge is 2.23. The number of hydrogen-bond donors (Lipinski definition) is 2. The third-order valence-electron chi connectivity index (χ3n) is 5.62. The fourth-order valence-electron chi connectivity index (χ4n) is 3.71. The van der Waals surface area contributed by atoms with Gasteiger partial charge < -0.3 is 25.0 Å². The third kappa shape index (κ3) is 8.17. The number of hydrogen-bond acceptors (Lipinski definition) is 8. The van der Waals surface area contributed by atoms with E-state index in [0.717, 1.165) is 31.1 Å². The Morgan fingerprint density at radius 3 is 2.63 bits per heavy atom.